The van der Waals surface area contributed by atoms with Crippen LogP contribution in [0.15, 0.2) is 41.3 Å². The molecule has 5 heteroatoms. The molecule has 0 radical (unpaired) electrons. The average Bonchev–Trinajstić information content (AvgIpc) is 2.40. The van der Waals surface area contributed by atoms with E-state index < -0.39 is 0 Å². The van der Waals surface area contributed by atoms with Crippen molar-refractivity contribution in [2.75, 3.05) is 24.3 Å². The van der Waals surface area contributed by atoms with Crippen LogP contribution in [-0.4, -0.2) is 25.0 Å². The van der Waals surface area contributed by atoms with Gasteiger partial charge in [-0.05, 0) is 36.8 Å². The molecule has 0 aliphatic rings. The minimum absolute atomic E-state index is 0.294. The predicted molar refractivity (Wildman–Crippen MR) is 80.5 cm³/mol. The number of benzene rings is 1. The van der Waals surface area contributed by atoms with E-state index in [-0.39, 0.29) is 11.5 Å². The van der Waals surface area contributed by atoms with Crippen molar-refractivity contribution in [3.63, 3.8) is 0 Å². The lowest BCUT2D eigenvalue weighted by Gasteiger charge is -2.15. The van der Waals surface area contributed by atoms with Crippen LogP contribution in [0.2, 0.25) is 0 Å². The lowest BCUT2D eigenvalue weighted by molar-refractivity contribution is 0.102. The molecule has 0 aliphatic carbocycles. The molecular formula is C15H17N3O2. The molecule has 1 heterocycles. The summed E-state index contributed by atoms with van der Waals surface area (Å²) < 4.78 is 0. The number of aromatic amines is 1. The van der Waals surface area contributed by atoms with E-state index in [1.807, 2.05) is 44.1 Å². The van der Waals surface area contributed by atoms with Crippen molar-refractivity contribution < 1.29 is 4.79 Å². The Kier molecular flexibility index (Phi) is 3.89. The minimum atomic E-state index is -0.295. The number of nitrogens with one attached hydrogen (secondary N) is 2. The molecule has 2 N–H and O–H groups in total. The van der Waals surface area contributed by atoms with E-state index in [1.165, 1.54) is 12.3 Å². The number of hydrogen-bond acceptors (Lipinski definition) is 3. The van der Waals surface area contributed by atoms with Crippen molar-refractivity contribution in [2.24, 2.45) is 0 Å². The van der Waals surface area contributed by atoms with Gasteiger partial charge in [-0.15, -0.1) is 0 Å². The Balaban J connectivity index is 2.22. The molecule has 2 aromatic rings. The molecule has 5 nitrogen and oxygen atoms in total. The number of aryl methyl sites for hydroxylation is 1. The fraction of sp³-hybridized carbons (Fsp3) is 0.200. The monoisotopic (exact) mass is 271 g/mol. The predicted octanol–water partition coefficient (Wildman–Crippen LogP) is 2.00. The van der Waals surface area contributed by atoms with Gasteiger partial charge in [-0.2, -0.15) is 0 Å². The van der Waals surface area contributed by atoms with E-state index in [9.17, 15) is 9.59 Å². The Morgan fingerprint density at radius 3 is 2.55 bits per heavy atom. The number of anilines is 2. The summed E-state index contributed by atoms with van der Waals surface area (Å²) in [6.07, 6.45) is 1.46. The zero-order chi connectivity index (χ0) is 14.7. The Morgan fingerprint density at radius 1 is 1.20 bits per heavy atom. The highest BCUT2D eigenvalue weighted by atomic mass is 16.2. The van der Waals surface area contributed by atoms with E-state index >= 15 is 0 Å². The first kappa shape index (κ1) is 13.9. The highest BCUT2D eigenvalue weighted by molar-refractivity contribution is 6.04. The molecule has 0 bridgehead atoms. The smallest absolute Gasteiger partial charge is 0.255 e. The summed E-state index contributed by atoms with van der Waals surface area (Å²) in [4.78, 5) is 27.7. The third-order valence-electron chi connectivity index (χ3n) is 3.01. The summed E-state index contributed by atoms with van der Waals surface area (Å²) in [5, 5.41) is 2.81. The van der Waals surface area contributed by atoms with Crippen LogP contribution < -0.4 is 15.8 Å². The second kappa shape index (κ2) is 5.61. The van der Waals surface area contributed by atoms with Crippen molar-refractivity contribution in [1.82, 2.24) is 4.98 Å². The number of nitrogens with zero attached hydrogens (tertiary/aromatic N) is 1. The molecule has 0 fully saturated rings. The Morgan fingerprint density at radius 2 is 1.95 bits per heavy atom. The van der Waals surface area contributed by atoms with Crippen LogP contribution in [0.4, 0.5) is 11.4 Å². The summed E-state index contributed by atoms with van der Waals surface area (Å²) >= 11 is 0. The Bertz CT molecular complexity index is 690. The maximum Gasteiger partial charge on any atom is 0.255 e. The van der Waals surface area contributed by atoms with Crippen LogP contribution in [0, 0.1) is 6.92 Å². The number of hydrogen-bond donors (Lipinski definition) is 2. The fourth-order valence-corrected chi connectivity index (χ4v) is 1.85. The van der Waals surface area contributed by atoms with Crippen LogP contribution in [0.5, 0.6) is 0 Å². The lowest BCUT2D eigenvalue weighted by atomic mass is 10.1. The van der Waals surface area contributed by atoms with Gasteiger partial charge in [0.25, 0.3) is 5.91 Å². The molecule has 0 saturated heterocycles. The fourth-order valence-electron chi connectivity index (χ4n) is 1.85. The first-order valence-electron chi connectivity index (χ1n) is 6.25. The van der Waals surface area contributed by atoms with E-state index in [0.717, 1.165) is 16.9 Å². The summed E-state index contributed by atoms with van der Waals surface area (Å²) in [6, 6.07) is 8.63. The van der Waals surface area contributed by atoms with E-state index in [0.29, 0.717) is 5.56 Å². The molecule has 0 aliphatic heterocycles. The first-order chi connectivity index (χ1) is 9.47. The molecule has 20 heavy (non-hydrogen) atoms. The maximum atomic E-state index is 12.1. The van der Waals surface area contributed by atoms with Gasteiger partial charge in [0.05, 0.1) is 0 Å². The quantitative estimate of drug-likeness (QED) is 0.897. The van der Waals surface area contributed by atoms with Crippen LogP contribution in [-0.2, 0) is 0 Å². The number of amides is 1. The second-order valence-electron chi connectivity index (χ2n) is 4.79. The van der Waals surface area contributed by atoms with Crippen molar-refractivity contribution in [1.29, 1.82) is 0 Å². The molecular weight excluding hydrogens is 254 g/mol. The average molecular weight is 271 g/mol. The number of pyridine rings is 1. The molecule has 0 atom stereocenters. The zero-order valence-electron chi connectivity index (χ0n) is 11.7. The molecule has 104 valence electrons. The van der Waals surface area contributed by atoms with Crippen molar-refractivity contribution in [2.45, 2.75) is 6.92 Å². The number of aromatic nitrogens is 1. The van der Waals surface area contributed by atoms with Gasteiger partial charge in [0, 0.05) is 43.3 Å². The normalized spacial score (nSPS) is 10.2. The molecule has 0 saturated carbocycles. The topological polar surface area (TPSA) is 65.2 Å². The van der Waals surface area contributed by atoms with Crippen molar-refractivity contribution in [3.8, 4) is 0 Å². The van der Waals surface area contributed by atoms with Crippen LogP contribution >= 0.6 is 0 Å². The van der Waals surface area contributed by atoms with E-state index in [1.54, 1.807) is 6.07 Å². The Labute approximate surface area is 117 Å². The van der Waals surface area contributed by atoms with Crippen LogP contribution in [0.3, 0.4) is 0 Å². The van der Waals surface area contributed by atoms with Gasteiger partial charge >= 0.3 is 0 Å². The van der Waals surface area contributed by atoms with E-state index in [2.05, 4.69) is 10.3 Å². The van der Waals surface area contributed by atoms with Crippen molar-refractivity contribution >= 4 is 17.3 Å². The summed E-state index contributed by atoms with van der Waals surface area (Å²) in [7, 11) is 3.92. The van der Waals surface area contributed by atoms with Gasteiger partial charge in [0.15, 0.2) is 0 Å². The number of carbonyl (C=O) groups excluding carboxylic acids is 1. The molecule has 1 aromatic carbocycles. The minimum Gasteiger partial charge on any atom is -0.378 e. The third kappa shape index (κ3) is 3.06. The first-order valence-corrected chi connectivity index (χ1v) is 6.25. The number of rotatable bonds is 3. The molecule has 2 rings (SSSR count). The second-order valence-corrected chi connectivity index (χ2v) is 4.79. The van der Waals surface area contributed by atoms with Gasteiger partial charge in [0.2, 0.25) is 5.56 Å². The van der Waals surface area contributed by atoms with Gasteiger partial charge in [0.1, 0.15) is 0 Å². The van der Waals surface area contributed by atoms with E-state index in [4.69, 9.17) is 0 Å². The summed E-state index contributed by atoms with van der Waals surface area (Å²) in [5.41, 5.74) is 2.81. The Hall–Kier alpha value is -2.56. The van der Waals surface area contributed by atoms with Gasteiger partial charge in [-0.3, -0.25) is 9.59 Å². The zero-order valence-corrected chi connectivity index (χ0v) is 11.7. The number of carbonyl (C=O) groups is 1. The molecule has 1 aromatic heterocycles. The van der Waals surface area contributed by atoms with Crippen LogP contribution in [0.25, 0.3) is 0 Å². The molecule has 0 spiro atoms. The van der Waals surface area contributed by atoms with Crippen LogP contribution in [0.1, 0.15) is 15.9 Å². The third-order valence-corrected chi connectivity index (χ3v) is 3.01. The molecule has 0 unspecified atom stereocenters. The summed E-state index contributed by atoms with van der Waals surface area (Å²) in [6.45, 7) is 1.93. The highest BCUT2D eigenvalue weighted by Crippen LogP contribution is 2.21. The van der Waals surface area contributed by atoms with Gasteiger partial charge in [-0.25, -0.2) is 0 Å². The maximum absolute atomic E-state index is 12.1. The van der Waals surface area contributed by atoms with Gasteiger partial charge in [-0.1, -0.05) is 0 Å². The van der Waals surface area contributed by atoms with Crippen molar-refractivity contribution in [3.05, 3.63) is 58.0 Å². The standard InChI is InChI=1S/C15H17N3O2/c1-10-8-12(18(2)3)4-5-13(10)17-15(20)11-6-7-16-14(19)9-11/h4-9H,1-3H3,(H,16,19)(H,17,20). The van der Waals surface area contributed by atoms with Gasteiger partial charge < -0.3 is 15.2 Å². The molecule has 1 amide bonds. The number of H-pyrrole nitrogens is 1. The SMILES string of the molecule is Cc1cc(N(C)C)ccc1NC(=O)c1cc[nH]c(=O)c1. The summed E-state index contributed by atoms with van der Waals surface area (Å²) in [5.74, 6) is -0.295. The lowest BCUT2D eigenvalue weighted by Crippen LogP contribution is -2.16. The highest BCUT2D eigenvalue weighted by Gasteiger charge is 2.08. The largest absolute Gasteiger partial charge is 0.378 e.